The van der Waals surface area contributed by atoms with E-state index in [-0.39, 0.29) is 6.09 Å². The zero-order chi connectivity index (χ0) is 16.4. The smallest absolute Gasteiger partial charge is 0.410 e. The number of piperazine rings is 1. The van der Waals surface area contributed by atoms with E-state index in [1.54, 1.807) is 4.90 Å². The van der Waals surface area contributed by atoms with Crippen LogP contribution in [0, 0.1) is 0 Å². The Balaban J connectivity index is 1.70. The van der Waals surface area contributed by atoms with Crippen LogP contribution in [-0.4, -0.2) is 42.8 Å². The lowest BCUT2D eigenvalue weighted by Crippen LogP contribution is -2.50. The number of anilines is 1. The molecule has 2 aromatic carbocycles. The first-order valence-corrected chi connectivity index (χ1v) is 8.15. The molecule has 0 atom stereocenters. The summed E-state index contributed by atoms with van der Waals surface area (Å²) in [5.74, 6) is 0. The van der Waals surface area contributed by atoms with Gasteiger partial charge in [-0.25, -0.2) is 4.79 Å². The molecule has 2 aromatic rings. The predicted octanol–water partition coefficient (Wildman–Crippen LogP) is 3.90. The van der Waals surface area contributed by atoms with Crippen LogP contribution in [0.1, 0.15) is 20.8 Å². The Kier molecular flexibility index (Phi) is 4.16. The molecule has 0 saturated carbocycles. The van der Waals surface area contributed by atoms with Gasteiger partial charge in [0.25, 0.3) is 0 Å². The molecule has 0 aliphatic carbocycles. The van der Waals surface area contributed by atoms with Crippen LogP contribution in [0.2, 0.25) is 0 Å². The molecule has 122 valence electrons. The molecule has 0 N–H and O–H groups in total. The minimum Gasteiger partial charge on any atom is -0.444 e. The Morgan fingerprint density at radius 2 is 1.61 bits per heavy atom. The third kappa shape index (κ3) is 3.58. The average Bonchev–Trinajstić information content (AvgIpc) is 2.53. The third-order valence-corrected chi connectivity index (χ3v) is 4.04. The van der Waals surface area contributed by atoms with Crippen LogP contribution in [0.15, 0.2) is 42.5 Å². The molecular weight excluding hydrogens is 288 g/mol. The van der Waals surface area contributed by atoms with Crippen molar-refractivity contribution >= 4 is 22.6 Å². The number of rotatable bonds is 1. The van der Waals surface area contributed by atoms with Gasteiger partial charge >= 0.3 is 6.09 Å². The van der Waals surface area contributed by atoms with Crippen molar-refractivity contribution in [3.05, 3.63) is 42.5 Å². The normalized spacial score (nSPS) is 15.8. The summed E-state index contributed by atoms with van der Waals surface area (Å²) in [5, 5.41) is 2.51. The lowest BCUT2D eigenvalue weighted by atomic mass is 10.1. The number of hydrogen-bond donors (Lipinski definition) is 0. The summed E-state index contributed by atoms with van der Waals surface area (Å²) >= 11 is 0. The summed E-state index contributed by atoms with van der Waals surface area (Å²) in [7, 11) is 0. The SMILES string of the molecule is CC(C)(C)OC(=O)N1CCN(c2cccc3ccccc23)CC1. The molecule has 4 nitrogen and oxygen atoms in total. The zero-order valence-corrected chi connectivity index (χ0v) is 14.1. The molecule has 1 aliphatic heterocycles. The number of amides is 1. The first-order chi connectivity index (χ1) is 10.9. The van der Waals surface area contributed by atoms with Crippen LogP contribution in [-0.2, 0) is 4.74 Å². The van der Waals surface area contributed by atoms with Gasteiger partial charge in [-0.3, -0.25) is 0 Å². The van der Waals surface area contributed by atoms with Crippen LogP contribution in [0.4, 0.5) is 10.5 Å². The highest BCUT2D eigenvalue weighted by Crippen LogP contribution is 2.27. The van der Waals surface area contributed by atoms with E-state index < -0.39 is 5.60 Å². The molecule has 0 bridgehead atoms. The van der Waals surface area contributed by atoms with Crippen molar-refractivity contribution in [1.82, 2.24) is 4.90 Å². The second kappa shape index (κ2) is 6.11. The van der Waals surface area contributed by atoms with Gasteiger partial charge in [-0.15, -0.1) is 0 Å². The molecule has 23 heavy (non-hydrogen) atoms. The van der Waals surface area contributed by atoms with E-state index in [4.69, 9.17) is 4.74 Å². The summed E-state index contributed by atoms with van der Waals surface area (Å²) in [6.45, 7) is 8.74. The van der Waals surface area contributed by atoms with Crippen LogP contribution in [0.25, 0.3) is 10.8 Å². The maximum atomic E-state index is 12.2. The van der Waals surface area contributed by atoms with Crippen molar-refractivity contribution in [1.29, 1.82) is 0 Å². The number of fused-ring (bicyclic) bond motifs is 1. The maximum Gasteiger partial charge on any atom is 0.410 e. The van der Waals surface area contributed by atoms with Crippen molar-refractivity contribution in [3.8, 4) is 0 Å². The Labute approximate surface area is 137 Å². The van der Waals surface area contributed by atoms with Crippen molar-refractivity contribution in [2.45, 2.75) is 26.4 Å². The van der Waals surface area contributed by atoms with Crippen molar-refractivity contribution in [2.24, 2.45) is 0 Å². The van der Waals surface area contributed by atoms with E-state index >= 15 is 0 Å². The molecule has 1 fully saturated rings. The predicted molar refractivity (Wildman–Crippen MR) is 94.0 cm³/mol. The molecule has 1 amide bonds. The van der Waals surface area contributed by atoms with Gasteiger partial charge < -0.3 is 14.5 Å². The van der Waals surface area contributed by atoms with Gasteiger partial charge in [-0.2, -0.15) is 0 Å². The molecule has 0 spiro atoms. The van der Waals surface area contributed by atoms with Crippen LogP contribution < -0.4 is 4.90 Å². The molecule has 1 aliphatic rings. The number of carbonyl (C=O) groups is 1. The fourth-order valence-electron chi connectivity index (χ4n) is 2.94. The van der Waals surface area contributed by atoms with Crippen LogP contribution in [0.5, 0.6) is 0 Å². The number of benzene rings is 2. The first-order valence-electron chi connectivity index (χ1n) is 8.15. The highest BCUT2D eigenvalue weighted by molar-refractivity contribution is 5.94. The minimum absolute atomic E-state index is 0.213. The largest absolute Gasteiger partial charge is 0.444 e. The lowest BCUT2D eigenvalue weighted by Gasteiger charge is -2.37. The number of ether oxygens (including phenoxy) is 1. The van der Waals surface area contributed by atoms with E-state index in [1.165, 1.54) is 16.5 Å². The van der Waals surface area contributed by atoms with Gasteiger partial charge in [-0.05, 0) is 32.2 Å². The summed E-state index contributed by atoms with van der Waals surface area (Å²) in [6, 6.07) is 14.8. The van der Waals surface area contributed by atoms with E-state index in [0.29, 0.717) is 13.1 Å². The molecular formula is C19H24N2O2. The number of hydrogen-bond acceptors (Lipinski definition) is 3. The van der Waals surface area contributed by atoms with Gasteiger partial charge in [0, 0.05) is 37.3 Å². The molecule has 0 unspecified atom stereocenters. The van der Waals surface area contributed by atoms with Gasteiger partial charge in [0.1, 0.15) is 5.60 Å². The monoisotopic (exact) mass is 312 g/mol. The quantitative estimate of drug-likeness (QED) is 0.800. The number of nitrogens with zero attached hydrogens (tertiary/aromatic N) is 2. The minimum atomic E-state index is -0.441. The summed E-state index contributed by atoms with van der Waals surface area (Å²) in [6.07, 6.45) is -0.213. The molecule has 0 radical (unpaired) electrons. The van der Waals surface area contributed by atoms with Crippen LogP contribution >= 0.6 is 0 Å². The van der Waals surface area contributed by atoms with Gasteiger partial charge in [0.05, 0.1) is 0 Å². The van der Waals surface area contributed by atoms with E-state index in [0.717, 1.165) is 13.1 Å². The molecule has 1 saturated heterocycles. The fraction of sp³-hybridized carbons (Fsp3) is 0.421. The van der Waals surface area contributed by atoms with Crippen molar-refractivity contribution < 1.29 is 9.53 Å². The van der Waals surface area contributed by atoms with E-state index in [9.17, 15) is 4.79 Å². The maximum absolute atomic E-state index is 12.2. The van der Waals surface area contributed by atoms with Crippen molar-refractivity contribution in [3.63, 3.8) is 0 Å². The molecule has 0 aromatic heterocycles. The molecule has 3 rings (SSSR count). The van der Waals surface area contributed by atoms with Gasteiger partial charge in [-0.1, -0.05) is 36.4 Å². The topological polar surface area (TPSA) is 32.8 Å². The molecule has 1 heterocycles. The van der Waals surface area contributed by atoms with Crippen molar-refractivity contribution in [2.75, 3.05) is 31.1 Å². The second-order valence-electron chi connectivity index (χ2n) is 6.95. The summed E-state index contributed by atoms with van der Waals surface area (Å²) < 4.78 is 5.46. The summed E-state index contributed by atoms with van der Waals surface area (Å²) in [4.78, 5) is 16.3. The second-order valence-corrected chi connectivity index (χ2v) is 6.95. The highest BCUT2D eigenvalue weighted by Gasteiger charge is 2.26. The van der Waals surface area contributed by atoms with Crippen LogP contribution in [0.3, 0.4) is 0 Å². The Morgan fingerprint density at radius 3 is 2.30 bits per heavy atom. The summed E-state index contributed by atoms with van der Waals surface area (Å²) in [5.41, 5.74) is 0.802. The standard InChI is InChI=1S/C19H24N2O2/c1-19(2,3)23-18(22)21-13-11-20(12-14-21)17-10-6-8-15-7-4-5-9-16(15)17/h4-10H,11-14H2,1-3H3. The number of carbonyl (C=O) groups excluding carboxylic acids is 1. The Bertz CT molecular complexity index is 693. The molecule has 4 heteroatoms. The van der Waals surface area contributed by atoms with E-state index in [1.807, 2.05) is 20.8 Å². The first kappa shape index (κ1) is 15.7. The zero-order valence-electron chi connectivity index (χ0n) is 14.1. The third-order valence-electron chi connectivity index (χ3n) is 4.04. The fourth-order valence-corrected chi connectivity index (χ4v) is 2.94. The highest BCUT2D eigenvalue weighted by atomic mass is 16.6. The van der Waals surface area contributed by atoms with E-state index in [2.05, 4.69) is 47.4 Å². The van der Waals surface area contributed by atoms with Gasteiger partial charge in [0.2, 0.25) is 0 Å². The average molecular weight is 312 g/mol. The van der Waals surface area contributed by atoms with Gasteiger partial charge in [0.15, 0.2) is 0 Å². The Morgan fingerprint density at radius 1 is 0.957 bits per heavy atom. The lowest BCUT2D eigenvalue weighted by molar-refractivity contribution is 0.0241. The Hall–Kier alpha value is -2.23.